The maximum absolute atomic E-state index is 12.6. The number of carbonyl (C=O) groups excluding carboxylic acids is 1. The highest BCUT2D eigenvalue weighted by Crippen LogP contribution is 2.31. The molecular weight excluding hydrogens is 406 g/mol. The lowest BCUT2D eigenvalue weighted by Gasteiger charge is -2.13. The summed E-state index contributed by atoms with van der Waals surface area (Å²) in [5.41, 5.74) is 1.62. The number of methoxy groups -OCH3 is 1. The van der Waals surface area contributed by atoms with E-state index in [2.05, 4.69) is 15.0 Å². The van der Waals surface area contributed by atoms with Gasteiger partial charge in [-0.2, -0.15) is 0 Å². The van der Waals surface area contributed by atoms with Gasteiger partial charge in [-0.25, -0.2) is 13.1 Å². The summed E-state index contributed by atoms with van der Waals surface area (Å²) in [4.78, 5) is 16.6. The highest BCUT2D eigenvalue weighted by molar-refractivity contribution is 7.89. The topological polar surface area (TPSA) is 107 Å². The molecule has 0 atom stereocenters. The van der Waals surface area contributed by atoms with Gasteiger partial charge in [0.05, 0.1) is 12.0 Å². The summed E-state index contributed by atoms with van der Waals surface area (Å²) in [6.07, 6.45) is 3.35. The van der Waals surface area contributed by atoms with Crippen molar-refractivity contribution in [1.29, 1.82) is 0 Å². The Bertz CT molecular complexity index is 1130. The maximum Gasteiger partial charge on any atom is 0.255 e. The van der Waals surface area contributed by atoms with Crippen molar-refractivity contribution in [3.05, 3.63) is 78.1 Å². The number of carbonyl (C=O) groups is 1. The fourth-order valence-corrected chi connectivity index (χ4v) is 3.41. The predicted molar refractivity (Wildman–Crippen MR) is 112 cm³/mol. The zero-order chi connectivity index (χ0) is 21.6. The second-order valence-electron chi connectivity index (χ2n) is 6.20. The smallest absolute Gasteiger partial charge is 0.255 e. The number of sulfonamides is 1. The molecule has 0 unspecified atom stereocenters. The van der Waals surface area contributed by atoms with Crippen LogP contribution in [0.1, 0.15) is 15.9 Å². The molecule has 8 nitrogen and oxygen atoms in total. The molecule has 0 saturated carbocycles. The Labute approximate surface area is 174 Å². The van der Waals surface area contributed by atoms with Crippen molar-refractivity contribution < 1.29 is 22.7 Å². The van der Waals surface area contributed by atoms with Gasteiger partial charge in [0.15, 0.2) is 11.5 Å². The zero-order valence-electron chi connectivity index (χ0n) is 16.5. The number of anilines is 1. The fraction of sp³-hybridized carbons (Fsp3) is 0.143. The van der Waals surface area contributed by atoms with Crippen LogP contribution in [0.3, 0.4) is 0 Å². The number of aromatic nitrogens is 1. The molecule has 3 rings (SSSR count). The highest BCUT2D eigenvalue weighted by atomic mass is 32.2. The molecule has 1 heterocycles. The third-order valence-electron chi connectivity index (χ3n) is 4.24. The van der Waals surface area contributed by atoms with Crippen LogP contribution in [0.5, 0.6) is 11.5 Å². The van der Waals surface area contributed by atoms with E-state index >= 15 is 0 Å². The summed E-state index contributed by atoms with van der Waals surface area (Å²) in [7, 11) is -0.807. The molecule has 30 heavy (non-hydrogen) atoms. The Morgan fingerprint density at radius 3 is 2.50 bits per heavy atom. The summed E-state index contributed by atoms with van der Waals surface area (Å²) in [5, 5.41) is 2.75. The number of pyridine rings is 1. The molecule has 2 N–H and O–H groups in total. The number of hydrogen-bond donors (Lipinski definition) is 2. The van der Waals surface area contributed by atoms with E-state index < -0.39 is 15.9 Å². The molecule has 0 radical (unpaired) electrons. The second kappa shape index (κ2) is 9.38. The SMILES string of the molecule is CNS(=O)(=O)c1cccc(C(=O)Nc2ccc(OC)c(OCc3ccncc3)c2)c1. The van der Waals surface area contributed by atoms with E-state index in [1.165, 1.54) is 38.4 Å². The number of hydrogen-bond acceptors (Lipinski definition) is 6. The molecule has 0 bridgehead atoms. The van der Waals surface area contributed by atoms with Crippen LogP contribution in [-0.2, 0) is 16.6 Å². The first-order valence-electron chi connectivity index (χ1n) is 8.97. The van der Waals surface area contributed by atoms with Crippen LogP contribution in [0.2, 0.25) is 0 Å². The normalized spacial score (nSPS) is 11.0. The van der Waals surface area contributed by atoms with Crippen LogP contribution in [-0.4, -0.2) is 33.5 Å². The van der Waals surface area contributed by atoms with Crippen LogP contribution in [0.25, 0.3) is 0 Å². The molecule has 0 fully saturated rings. The van der Waals surface area contributed by atoms with E-state index in [0.717, 1.165) is 5.56 Å². The zero-order valence-corrected chi connectivity index (χ0v) is 17.3. The average Bonchev–Trinajstić information content (AvgIpc) is 2.78. The Kier molecular flexibility index (Phi) is 6.65. The molecule has 3 aromatic rings. The van der Waals surface area contributed by atoms with Gasteiger partial charge in [-0.3, -0.25) is 9.78 Å². The van der Waals surface area contributed by atoms with Crippen LogP contribution in [0, 0.1) is 0 Å². The van der Waals surface area contributed by atoms with Crippen molar-refractivity contribution >= 4 is 21.6 Å². The maximum atomic E-state index is 12.6. The molecule has 0 spiro atoms. The lowest BCUT2D eigenvalue weighted by atomic mass is 10.2. The van der Waals surface area contributed by atoms with E-state index in [1.807, 2.05) is 12.1 Å². The van der Waals surface area contributed by atoms with Crippen molar-refractivity contribution in [1.82, 2.24) is 9.71 Å². The van der Waals surface area contributed by atoms with Gasteiger partial charge in [-0.15, -0.1) is 0 Å². The highest BCUT2D eigenvalue weighted by Gasteiger charge is 2.15. The van der Waals surface area contributed by atoms with E-state index in [4.69, 9.17) is 9.47 Å². The number of nitrogens with one attached hydrogen (secondary N) is 2. The first kappa shape index (κ1) is 21.3. The van der Waals surface area contributed by atoms with Gasteiger partial charge in [0, 0.05) is 29.7 Å². The molecule has 1 amide bonds. The monoisotopic (exact) mass is 427 g/mol. The van der Waals surface area contributed by atoms with E-state index in [0.29, 0.717) is 23.8 Å². The first-order chi connectivity index (χ1) is 14.4. The predicted octanol–water partition coefficient (Wildman–Crippen LogP) is 2.83. The Morgan fingerprint density at radius 1 is 1.03 bits per heavy atom. The molecule has 2 aromatic carbocycles. The number of benzene rings is 2. The third kappa shape index (κ3) is 5.13. The van der Waals surface area contributed by atoms with E-state index in [-0.39, 0.29) is 10.5 Å². The van der Waals surface area contributed by atoms with Gasteiger partial charge in [-0.05, 0) is 55.1 Å². The largest absolute Gasteiger partial charge is 0.493 e. The van der Waals surface area contributed by atoms with E-state index in [9.17, 15) is 13.2 Å². The summed E-state index contributed by atoms with van der Waals surface area (Å²) in [6.45, 7) is 0.306. The molecule has 0 aliphatic heterocycles. The minimum atomic E-state index is -3.65. The Hall–Kier alpha value is -3.43. The van der Waals surface area contributed by atoms with Crippen molar-refractivity contribution in [3.8, 4) is 11.5 Å². The third-order valence-corrected chi connectivity index (χ3v) is 5.65. The lowest BCUT2D eigenvalue weighted by Crippen LogP contribution is -2.19. The van der Waals surface area contributed by atoms with Crippen molar-refractivity contribution in [2.45, 2.75) is 11.5 Å². The van der Waals surface area contributed by atoms with Crippen molar-refractivity contribution in [2.75, 3.05) is 19.5 Å². The van der Waals surface area contributed by atoms with E-state index in [1.54, 1.807) is 30.6 Å². The second-order valence-corrected chi connectivity index (χ2v) is 8.09. The van der Waals surface area contributed by atoms with Gasteiger partial charge < -0.3 is 14.8 Å². The molecule has 0 aliphatic carbocycles. The fourth-order valence-electron chi connectivity index (χ4n) is 2.63. The molecule has 0 saturated heterocycles. The van der Waals surface area contributed by atoms with Gasteiger partial charge >= 0.3 is 0 Å². The Balaban J connectivity index is 1.78. The summed E-state index contributed by atoms with van der Waals surface area (Å²) in [6, 6.07) is 14.4. The first-order valence-corrected chi connectivity index (χ1v) is 10.5. The van der Waals surface area contributed by atoms with Crippen molar-refractivity contribution in [3.63, 3.8) is 0 Å². The van der Waals surface area contributed by atoms with Crippen LogP contribution in [0.4, 0.5) is 5.69 Å². The molecule has 9 heteroatoms. The molecule has 0 aliphatic rings. The lowest BCUT2D eigenvalue weighted by molar-refractivity contribution is 0.102. The summed E-state index contributed by atoms with van der Waals surface area (Å²) >= 11 is 0. The quantitative estimate of drug-likeness (QED) is 0.573. The van der Waals surface area contributed by atoms with Crippen LogP contribution >= 0.6 is 0 Å². The number of ether oxygens (including phenoxy) is 2. The van der Waals surface area contributed by atoms with Gasteiger partial charge in [0.2, 0.25) is 10.0 Å². The number of nitrogens with zero attached hydrogens (tertiary/aromatic N) is 1. The standard InChI is InChI=1S/C21H21N3O5S/c1-22-30(26,27)18-5-3-4-16(12-18)21(25)24-17-6-7-19(28-2)20(13-17)29-14-15-8-10-23-11-9-15/h3-13,22H,14H2,1-2H3,(H,24,25). The molecule has 1 aromatic heterocycles. The van der Waals surface area contributed by atoms with Crippen LogP contribution in [0.15, 0.2) is 71.9 Å². The minimum absolute atomic E-state index is 0.00811. The summed E-state index contributed by atoms with van der Waals surface area (Å²) < 4.78 is 37.3. The number of amides is 1. The summed E-state index contributed by atoms with van der Waals surface area (Å²) in [5.74, 6) is 0.524. The molecule has 156 valence electrons. The molecular formula is C21H21N3O5S. The van der Waals surface area contributed by atoms with Gasteiger partial charge in [0.1, 0.15) is 6.61 Å². The van der Waals surface area contributed by atoms with Gasteiger partial charge in [0.25, 0.3) is 5.91 Å². The van der Waals surface area contributed by atoms with Gasteiger partial charge in [-0.1, -0.05) is 6.07 Å². The number of rotatable bonds is 8. The van der Waals surface area contributed by atoms with Crippen LogP contribution < -0.4 is 19.5 Å². The average molecular weight is 427 g/mol. The Morgan fingerprint density at radius 2 is 1.80 bits per heavy atom. The minimum Gasteiger partial charge on any atom is -0.493 e. The van der Waals surface area contributed by atoms with Crippen molar-refractivity contribution in [2.24, 2.45) is 0 Å².